The first-order chi connectivity index (χ1) is 8.22. The molecule has 1 aromatic carbocycles. The van der Waals surface area contributed by atoms with Crippen LogP contribution in [-0.2, 0) is 0 Å². The summed E-state index contributed by atoms with van der Waals surface area (Å²) < 4.78 is 12.9. The molecule has 2 fully saturated rings. The van der Waals surface area contributed by atoms with Gasteiger partial charge in [0.05, 0.1) is 10.7 Å². The molecule has 0 heterocycles. The molecular formula is C14H17ClFN. The Hall–Kier alpha value is -0.760. The Balaban J connectivity index is 1.60. The molecule has 0 aromatic heterocycles. The summed E-state index contributed by atoms with van der Waals surface area (Å²) in [5.41, 5.74) is 0.857. The Labute approximate surface area is 106 Å². The van der Waals surface area contributed by atoms with Gasteiger partial charge in [0.25, 0.3) is 0 Å². The monoisotopic (exact) mass is 253 g/mol. The Morgan fingerprint density at radius 1 is 1.29 bits per heavy atom. The average Bonchev–Trinajstić information content (AvgIpc) is 2.89. The van der Waals surface area contributed by atoms with E-state index in [0.29, 0.717) is 5.02 Å². The van der Waals surface area contributed by atoms with Crippen LogP contribution in [0.15, 0.2) is 18.2 Å². The standard InChI is InChI=1S/C14H17ClFN/c15-13-7-12(16)3-4-14(13)17-8-11-6-9-1-2-10(11)5-9/h3-4,7,9-11,17H,1-2,5-6,8H2. The number of fused-ring (bicyclic) bond motifs is 2. The molecule has 0 spiro atoms. The van der Waals surface area contributed by atoms with Gasteiger partial charge in [-0.25, -0.2) is 4.39 Å². The molecule has 2 saturated carbocycles. The van der Waals surface area contributed by atoms with Crippen molar-refractivity contribution in [2.24, 2.45) is 17.8 Å². The predicted molar refractivity (Wildman–Crippen MR) is 68.8 cm³/mol. The van der Waals surface area contributed by atoms with Crippen LogP contribution in [0.25, 0.3) is 0 Å². The number of hydrogen-bond donors (Lipinski definition) is 1. The number of hydrogen-bond acceptors (Lipinski definition) is 1. The highest BCUT2D eigenvalue weighted by Gasteiger charge is 2.39. The molecule has 17 heavy (non-hydrogen) atoms. The maximum Gasteiger partial charge on any atom is 0.124 e. The van der Waals surface area contributed by atoms with Crippen LogP contribution < -0.4 is 5.32 Å². The molecule has 2 aliphatic carbocycles. The van der Waals surface area contributed by atoms with Gasteiger partial charge in [0.1, 0.15) is 5.82 Å². The zero-order valence-electron chi connectivity index (χ0n) is 9.76. The van der Waals surface area contributed by atoms with Crippen LogP contribution in [0.4, 0.5) is 10.1 Å². The van der Waals surface area contributed by atoms with Crippen LogP contribution in [0.1, 0.15) is 25.7 Å². The van der Waals surface area contributed by atoms with Gasteiger partial charge < -0.3 is 5.32 Å². The summed E-state index contributed by atoms with van der Waals surface area (Å²) in [5, 5.41) is 3.85. The molecule has 3 heteroatoms. The Morgan fingerprint density at radius 2 is 2.18 bits per heavy atom. The molecule has 2 aliphatic rings. The van der Waals surface area contributed by atoms with Crippen molar-refractivity contribution in [1.82, 2.24) is 0 Å². The molecule has 1 N–H and O–H groups in total. The first kappa shape index (κ1) is 11.3. The maximum atomic E-state index is 12.9. The van der Waals surface area contributed by atoms with Crippen molar-refractivity contribution in [2.45, 2.75) is 25.7 Å². The van der Waals surface area contributed by atoms with E-state index in [1.54, 1.807) is 6.07 Å². The zero-order chi connectivity index (χ0) is 11.8. The van der Waals surface area contributed by atoms with Gasteiger partial charge >= 0.3 is 0 Å². The molecule has 2 bridgehead atoms. The quantitative estimate of drug-likeness (QED) is 0.846. The van der Waals surface area contributed by atoms with Crippen LogP contribution in [0.3, 0.4) is 0 Å². The van der Waals surface area contributed by atoms with Crippen molar-refractivity contribution in [2.75, 3.05) is 11.9 Å². The van der Waals surface area contributed by atoms with E-state index in [1.807, 2.05) is 0 Å². The molecule has 1 aromatic rings. The summed E-state index contributed by atoms with van der Waals surface area (Å²) in [5.74, 6) is 2.39. The van der Waals surface area contributed by atoms with Crippen molar-refractivity contribution < 1.29 is 4.39 Å². The maximum absolute atomic E-state index is 12.9. The first-order valence-corrected chi connectivity index (χ1v) is 6.79. The second-order valence-electron chi connectivity index (χ2n) is 5.44. The third-order valence-corrected chi connectivity index (χ3v) is 4.68. The minimum atomic E-state index is -0.277. The molecule has 1 nitrogen and oxygen atoms in total. The predicted octanol–water partition coefficient (Wildman–Crippen LogP) is 4.33. The third kappa shape index (κ3) is 2.28. The topological polar surface area (TPSA) is 12.0 Å². The first-order valence-electron chi connectivity index (χ1n) is 6.41. The van der Waals surface area contributed by atoms with E-state index in [-0.39, 0.29) is 5.82 Å². The lowest BCUT2D eigenvalue weighted by Gasteiger charge is -2.22. The molecule has 92 valence electrons. The normalized spacial score (nSPS) is 30.8. The Bertz CT molecular complexity index is 421. The lowest BCUT2D eigenvalue weighted by molar-refractivity contribution is 0.348. The highest BCUT2D eigenvalue weighted by Crippen LogP contribution is 2.48. The van der Waals surface area contributed by atoms with Crippen LogP contribution in [-0.4, -0.2) is 6.54 Å². The SMILES string of the molecule is Fc1ccc(NCC2CC3CCC2C3)c(Cl)c1. The largest absolute Gasteiger partial charge is 0.384 e. The molecule has 0 saturated heterocycles. The summed E-state index contributed by atoms with van der Waals surface area (Å²) in [6, 6.07) is 4.55. The van der Waals surface area contributed by atoms with E-state index in [4.69, 9.17) is 11.6 Å². The van der Waals surface area contributed by atoms with Gasteiger partial charge in [-0.15, -0.1) is 0 Å². The van der Waals surface area contributed by atoms with E-state index in [9.17, 15) is 4.39 Å². The molecule has 3 unspecified atom stereocenters. The molecule has 0 aliphatic heterocycles. The van der Waals surface area contributed by atoms with Crippen molar-refractivity contribution >= 4 is 17.3 Å². The summed E-state index contributed by atoms with van der Waals surface area (Å²) in [7, 11) is 0. The van der Waals surface area contributed by atoms with Gasteiger partial charge in [-0.3, -0.25) is 0 Å². The van der Waals surface area contributed by atoms with Crippen molar-refractivity contribution in [3.05, 3.63) is 29.0 Å². The Kier molecular flexibility index (Phi) is 2.99. The fraction of sp³-hybridized carbons (Fsp3) is 0.571. The van der Waals surface area contributed by atoms with E-state index in [2.05, 4.69) is 5.32 Å². The van der Waals surface area contributed by atoms with Crippen molar-refractivity contribution in [1.29, 1.82) is 0 Å². The Morgan fingerprint density at radius 3 is 2.82 bits per heavy atom. The lowest BCUT2D eigenvalue weighted by atomic mass is 9.89. The molecule has 3 atom stereocenters. The van der Waals surface area contributed by atoms with Gasteiger partial charge in [0, 0.05) is 6.54 Å². The summed E-state index contributed by atoms with van der Waals surface area (Å²) in [6.07, 6.45) is 5.60. The average molecular weight is 254 g/mol. The number of nitrogens with one attached hydrogen (secondary N) is 1. The minimum absolute atomic E-state index is 0.277. The van der Waals surface area contributed by atoms with Gasteiger partial charge in [-0.1, -0.05) is 18.0 Å². The van der Waals surface area contributed by atoms with Gasteiger partial charge in [-0.05, 0) is 55.2 Å². The third-order valence-electron chi connectivity index (χ3n) is 4.37. The number of halogens is 2. The van der Waals surface area contributed by atoms with Gasteiger partial charge in [0.2, 0.25) is 0 Å². The van der Waals surface area contributed by atoms with E-state index >= 15 is 0 Å². The fourth-order valence-electron chi connectivity index (χ4n) is 3.50. The lowest BCUT2D eigenvalue weighted by Crippen LogP contribution is -2.20. The fourth-order valence-corrected chi connectivity index (χ4v) is 3.73. The number of benzene rings is 1. The van der Waals surface area contributed by atoms with E-state index < -0.39 is 0 Å². The molecule has 0 amide bonds. The highest BCUT2D eigenvalue weighted by atomic mass is 35.5. The van der Waals surface area contributed by atoms with E-state index in [1.165, 1.54) is 37.8 Å². The molecule has 0 radical (unpaired) electrons. The number of anilines is 1. The van der Waals surface area contributed by atoms with Crippen LogP contribution in [0.2, 0.25) is 5.02 Å². The second kappa shape index (κ2) is 4.49. The second-order valence-corrected chi connectivity index (χ2v) is 5.85. The van der Waals surface area contributed by atoms with Crippen molar-refractivity contribution in [3.8, 4) is 0 Å². The zero-order valence-corrected chi connectivity index (χ0v) is 10.5. The smallest absolute Gasteiger partial charge is 0.124 e. The molecular weight excluding hydrogens is 237 g/mol. The summed E-state index contributed by atoms with van der Waals surface area (Å²) >= 11 is 5.99. The molecule has 3 rings (SSSR count). The van der Waals surface area contributed by atoms with Crippen LogP contribution in [0.5, 0.6) is 0 Å². The summed E-state index contributed by atoms with van der Waals surface area (Å²) in [6.45, 7) is 0.979. The van der Waals surface area contributed by atoms with Crippen LogP contribution in [0, 0.1) is 23.6 Å². The number of rotatable bonds is 3. The highest BCUT2D eigenvalue weighted by molar-refractivity contribution is 6.33. The van der Waals surface area contributed by atoms with Gasteiger partial charge in [-0.2, -0.15) is 0 Å². The van der Waals surface area contributed by atoms with Crippen LogP contribution >= 0.6 is 11.6 Å². The minimum Gasteiger partial charge on any atom is -0.384 e. The van der Waals surface area contributed by atoms with E-state index in [0.717, 1.165) is 30.0 Å². The van der Waals surface area contributed by atoms with Gasteiger partial charge in [0.15, 0.2) is 0 Å². The summed E-state index contributed by atoms with van der Waals surface area (Å²) in [4.78, 5) is 0. The van der Waals surface area contributed by atoms with Crippen molar-refractivity contribution in [3.63, 3.8) is 0 Å².